The second-order valence-corrected chi connectivity index (χ2v) is 12.4. The normalized spacial score (nSPS) is 23.8. The van der Waals surface area contributed by atoms with Crippen molar-refractivity contribution in [2.45, 2.75) is 76.4 Å². The van der Waals surface area contributed by atoms with Gasteiger partial charge in [0.2, 0.25) is 27.8 Å². The molecular weight excluding hydrogens is 535 g/mol. The number of rotatable bonds is 8. The summed E-state index contributed by atoms with van der Waals surface area (Å²) in [5.74, 6) is 0.725. The monoisotopic (exact) mass is 570 g/mol. The van der Waals surface area contributed by atoms with Gasteiger partial charge in [0, 0.05) is 31.3 Å². The van der Waals surface area contributed by atoms with E-state index in [0.717, 1.165) is 57.6 Å². The zero-order valence-corrected chi connectivity index (χ0v) is 23.5. The van der Waals surface area contributed by atoms with Gasteiger partial charge in [-0.1, -0.05) is 12.1 Å². The van der Waals surface area contributed by atoms with Crippen LogP contribution in [0.15, 0.2) is 34.9 Å². The molecular formula is C27H35FN8O3S. The van der Waals surface area contributed by atoms with Gasteiger partial charge in [-0.2, -0.15) is 9.38 Å². The van der Waals surface area contributed by atoms with E-state index in [4.69, 9.17) is 9.97 Å². The molecule has 214 valence electrons. The molecule has 2 aromatic heterocycles. The second kappa shape index (κ2) is 11.9. The molecule has 0 unspecified atom stereocenters. The first-order chi connectivity index (χ1) is 19.1. The molecule has 2 heterocycles. The number of sulfonamides is 1. The molecule has 1 amide bonds. The molecule has 2 fully saturated rings. The van der Waals surface area contributed by atoms with Gasteiger partial charge in [0.15, 0.2) is 5.65 Å². The average molecular weight is 571 g/mol. The molecule has 0 aliphatic heterocycles. The fourth-order valence-corrected chi connectivity index (χ4v) is 6.03. The molecule has 2 aliphatic rings. The molecule has 0 atom stereocenters. The summed E-state index contributed by atoms with van der Waals surface area (Å²) < 4.78 is 42.9. The smallest absolute Gasteiger partial charge is 0.249 e. The number of carbonyl (C=O) groups is 1. The zero-order valence-electron chi connectivity index (χ0n) is 22.7. The Kier molecular flexibility index (Phi) is 8.29. The Labute approximate surface area is 233 Å². The van der Waals surface area contributed by atoms with Crippen LogP contribution in [-0.2, 0) is 14.8 Å². The van der Waals surface area contributed by atoms with E-state index in [1.165, 1.54) is 13.0 Å². The third-order valence-electron chi connectivity index (χ3n) is 7.59. The van der Waals surface area contributed by atoms with Gasteiger partial charge >= 0.3 is 0 Å². The number of hydrogen-bond donors (Lipinski definition) is 3. The van der Waals surface area contributed by atoms with Crippen LogP contribution in [0.5, 0.6) is 0 Å². The summed E-state index contributed by atoms with van der Waals surface area (Å²) >= 11 is 0. The number of halogens is 1. The quantitative estimate of drug-likeness (QED) is 0.340. The molecule has 0 radical (unpaired) electrons. The Hall–Kier alpha value is -3.61. The minimum absolute atomic E-state index is 0.0291. The van der Waals surface area contributed by atoms with E-state index in [9.17, 15) is 17.6 Å². The van der Waals surface area contributed by atoms with Crippen molar-refractivity contribution in [3.05, 3.63) is 36.3 Å². The van der Waals surface area contributed by atoms with Crippen molar-refractivity contribution < 1.29 is 17.6 Å². The van der Waals surface area contributed by atoms with Gasteiger partial charge in [-0.25, -0.2) is 22.8 Å². The van der Waals surface area contributed by atoms with Crippen LogP contribution >= 0.6 is 0 Å². The number of nitrogens with one attached hydrogen (secondary N) is 3. The maximum absolute atomic E-state index is 14.5. The number of hydrogen-bond acceptors (Lipinski definition) is 8. The number of aromatic nitrogens is 4. The first-order valence-electron chi connectivity index (χ1n) is 13.7. The van der Waals surface area contributed by atoms with Gasteiger partial charge in [0.25, 0.3) is 0 Å². The number of imidazole rings is 1. The Morgan fingerprint density at radius 3 is 2.42 bits per heavy atom. The van der Waals surface area contributed by atoms with Crippen molar-refractivity contribution in [1.29, 1.82) is 0 Å². The number of benzene rings is 1. The van der Waals surface area contributed by atoms with Crippen LogP contribution in [0.1, 0.15) is 64.3 Å². The van der Waals surface area contributed by atoms with E-state index in [1.54, 1.807) is 30.6 Å². The van der Waals surface area contributed by atoms with Crippen molar-refractivity contribution in [3.8, 4) is 0 Å². The second-order valence-electron chi connectivity index (χ2n) is 10.8. The highest BCUT2D eigenvalue weighted by Gasteiger charge is 2.28. The highest BCUT2D eigenvalue weighted by atomic mass is 32.2. The molecule has 11 nitrogen and oxygen atoms in total. The fraction of sp³-hybridized carbons (Fsp3) is 0.519. The van der Waals surface area contributed by atoms with Crippen molar-refractivity contribution in [3.63, 3.8) is 0 Å². The lowest BCUT2D eigenvalue weighted by atomic mass is 9.87. The first kappa shape index (κ1) is 27.9. The number of nitrogens with zero attached hydrogens (tertiary/aromatic N) is 5. The van der Waals surface area contributed by atoms with Crippen LogP contribution in [0.25, 0.3) is 11.2 Å². The summed E-state index contributed by atoms with van der Waals surface area (Å²) in [6.45, 7) is 1.53. The largest absolute Gasteiger partial charge is 0.354 e. The minimum Gasteiger partial charge on any atom is -0.354 e. The molecule has 13 heteroatoms. The number of fused-ring (bicyclic) bond motifs is 1. The van der Waals surface area contributed by atoms with Crippen molar-refractivity contribution in [2.75, 3.05) is 16.9 Å². The van der Waals surface area contributed by atoms with E-state index >= 15 is 0 Å². The summed E-state index contributed by atoms with van der Waals surface area (Å²) in [7, 11) is -3.37. The van der Waals surface area contributed by atoms with Crippen molar-refractivity contribution in [2.24, 2.45) is 10.3 Å². The first-order valence-corrected chi connectivity index (χ1v) is 15.5. The van der Waals surface area contributed by atoms with Gasteiger partial charge in [0.1, 0.15) is 11.3 Å². The summed E-state index contributed by atoms with van der Waals surface area (Å²) in [6.07, 6.45) is 10.9. The lowest BCUT2D eigenvalue weighted by molar-refractivity contribution is -0.119. The van der Waals surface area contributed by atoms with Gasteiger partial charge < -0.3 is 16.0 Å². The number of para-hydroxylation sites is 1. The van der Waals surface area contributed by atoms with E-state index in [2.05, 4.69) is 25.3 Å². The molecule has 0 saturated heterocycles. The summed E-state index contributed by atoms with van der Waals surface area (Å²) in [5.41, 5.74) is 1.59. The Bertz CT molecular complexity index is 1490. The van der Waals surface area contributed by atoms with Gasteiger partial charge in [0.05, 0.1) is 18.1 Å². The van der Waals surface area contributed by atoms with Gasteiger partial charge in [-0.15, -0.1) is 0 Å². The number of anilines is 3. The Balaban J connectivity index is 1.37. The molecule has 0 spiro atoms. The summed E-state index contributed by atoms with van der Waals surface area (Å²) in [4.78, 5) is 25.6. The highest BCUT2D eigenvalue weighted by molar-refractivity contribution is 7.89. The van der Waals surface area contributed by atoms with Crippen LogP contribution in [0.2, 0.25) is 0 Å². The summed E-state index contributed by atoms with van der Waals surface area (Å²) in [5, 5.41) is 9.62. The highest BCUT2D eigenvalue weighted by Crippen LogP contribution is 2.35. The predicted molar refractivity (Wildman–Crippen MR) is 153 cm³/mol. The molecule has 3 N–H and O–H groups in total. The molecule has 5 rings (SSSR count). The lowest BCUT2D eigenvalue weighted by Crippen LogP contribution is -2.36. The SMILES string of the molecule is CC(=O)NC1CCC(n2c(Nc3ccccc3F)nc3cnc(NC4CCC(C=NS(C)(=O)=O)CC4)nc32)CC1. The third kappa shape index (κ3) is 6.93. The lowest BCUT2D eigenvalue weighted by Gasteiger charge is -2.31. The standard InChI is InChI=1S/C27H35FN8O3S/c1-17(37)31-19-11-13-21(14-12-19)36-25-24(34-27(36)33-23-6-4-3-5-22(23)28)16-29-26(35-25)32-20-9-7-18(8-10-20)15-30-40(2,38)39/h3-6,15-16,18-21H,7-14H2,1-2H3,(H,31,37)(H,33,34)(H,29,32,35). The Morgan fingerprint density at radius 2 is 1.75 bits per heavy atom. The van der Waals surface area contributed by atoms with Crippen molar-refractivity contribution >= 4 is 50.9 Å². The molecule has 2 saturated carbocycles. The van der Waals surface area contributed by atoms with Gasteiger partial charge in [-0.3, -0.25) is 9.36 Å². The van der Waals surface area contributed by atoms with Crippen LogP contribution < -0.4 is 16.0 Å². The molecule has 1 aromatic carbocycles. The third-order valence-corrected chi connectivity index (χ3v) is 8.10. The van der Waals surface area contributed by atoms with E-state index in [-0.39, 0.29) is 35.8 Å². The van der Waals surface area contributed by atoms with E-state index < -0.39 is 10.0 Å². The topological polar surface area (TPSA) is 143 Å². The van der Waals surface area contributed by atoms with Crippen LogP contribution in [-0.4, -0.2) is 58.4 Å². The van der Waals surface area contributed by atoms with Crippen LogP contribution in [0.4, 0.5) is 22.0 Å². The molecule has 40 heavy (non-hydrogen) atoms. The predicted octanol–water partition coefficient (Wildman–Crippen LogP) is 4.33. The minimum atomic E-state index is -3.37. The van der Waals surface area contributed by atoms with Crippen LogP contribution in [0, 0.1) is 11.7 Å². The van der Waals surface area contributed by atoms with Gasteiger partial charge in [-0.05, 0) is 69.4 Å². The molecule has 3 aromatic rings. The average Bonchev–Trinajstić information content (AvgIpc) is 3.26. The molecule has 0 bridgehead atoms. The summed E-state index contributed by atoms with van der Waals surface area (Å²) in [6, 6.07) is 6.83. The van der Waals surface area contributed by atoms with E-state index in [0.29, 0.717) is 28.7 Å². The molecule has 2 aliphatic carbocycles. The van der Waals surface area contributed by atoms with E-state index in [1.807, 2.05) is 4.57 Å². The van der Waals surface area contributed by atoms with Crippen molar-refractivity contribution in [1.82, 2.24) is 24.8 Å². The number of amides is 1. The maximum Gasteiger partial charge on any atom is 0.249 e. The maximum atomic E-state index is 14.5. The number of carbonyl (C=O) groups excluding carboxylic acids is 1. The zero-order chi connectivity index (χ0) is 28.3. The Morgan fingerprint density at radius 1 is 1.05 bits per heavy atom. The fourth-order valence-electron chi connectivity index (χ4n) is 5.64. The van der Waals surface area contributed by atoms with Crippen LogP contribution in [0.3, 0.4) is 0 Å².